The highest BCUT2D eigenvalue weighted by Crippen LogP contribution is 2.28. The summed E-state index contributed by atoms with van der Waals surface area (Å²) >= 11 is 0. The minimum atomic E-state index is -0.665. The second-order valence-electron chi connectivity index (χ2n) is 4.89. The molecule has 0 aliphatic heterocycles. The van der Waals surface area contributed by atoms with Crippen LogP contribution in [0.3, 0.4) is 0 Å². The molecule has 0 heterocycles. The van der Waals surface area contributed by atoms with Gasteiger partial charge in [-0.3, -0.25) is 10.1 Å². The fourth-order valence-corrected chi connectivity index (χ4v) is 1.96. The standard InChI is InChI=1S/C18H14N2O6/c1-24-17-11-13(3-2-10-19)4-9-16(17)26-18(21)12-25-15-7-5-14(6-8-15)20(22)23/h2-9,11H,12H2,1H3/b3-2-. The molecular weight excluding hydrogens is 340 g/mol. The minimum Gasteiger partial charge on any atom is -0.493 e. The summed E-state index contributed by atoms with van der Waals surface area (Å²) in [6.07, 6.45) is 2.91. The van der Waals surface area contributed by atoms with E-state index in [1.165, 1.54) is 37.5 Å². The van der Waals surface area contributed by atoms with E-state index in [2.05, 4.69) is 0 Å². The third-order valence-electron chi connectivity index (χ3n) is 3.17. The van der Waals surface area contributed by atoms with Gasteiger partial charge in [0.1, 0.15) is 5.75 Å². The number of esters is 1. The average Bonchev–Trinajstić information content (AvgIpc) is 2.65. The molecule has 26 heavy (non-hydrogen) atoms. The van der Waals surface area contributed by atoms with E-state index in [1.54, 1.807) is 24.3 Å². The molecule has 0 aromatic heterocycles. The van der Waals surface area contributed by atoms with Crippen LogP contribution < -0.4 is 14.2 Å². The van der Waals surface area contributed by atoms with E-state index in [-0.39, 0.29) is 18.0 Å². The highest BCUT2D eigenvalue weighted by molar-refractivity contribution is 5.75. The quantitative estimate of drug-likeness (QED) is 0.247. The van der Waals surface area contributed by atoms with Crippen LogP contribution in [0.15, 0.2) is 48.5 Å². The number of nitriles is 1. The molecule has 0 N–H and O–H groups in total. The van der Waals surface area contributed by atoms with Gasteiger partial charge >= 0.3 is 5.97 Å². The molecule has 0 radical (unpaired) electrons. The Morgan fingerprint density at radius 3 is 2.58 bits per heavy atom. The maximum atomic E-state index is 11.9. The highest BCUT2D eigenvalue weighted by Gasteiger charge is 2.12. The van der Waals surface area contributed by atoms with Crippen LogP contribution in [0, 0.1) is 21.4 Å². The Morgan fingerprint density at radius 1 is 1.23 bits per heavy atom. The third-order valence-corrected chi connectivity index (χ3v) is 3.17. The van der Waals surface area contributed by atoms with Gasteiger partial charge in [0.2, 0.25) is 0 Å². The second kappa shape index (κ2) is 8.84. The van der Waals surface area contributed by atoms with E-state index in [9.17, 15) is 14.9 Å². The Balaban J connectivity index is 1.97. The SMILES string of the molecule is COc1cc(/C=C\C#N)ccc1OC(=O)COc1ccc([N+](=O)[O-])cc1. The van der Waals surface area contributed by atoms with Crippen LogP contribution in [0.1, 0.15) is 5.56 Å². The van der Waals surface area contributed by atoms with E-state index in [0.717, 1.165) is 0 Å². The number of methoxy groups -OCH3 is 1. The van der Waals surface area contributed by atoms with E-state index in [4.69, 9.17) is 19.5 Å². The molecule has 0 aliphatic carbocycles. The number of carbonyl (C=O) groups excluding carboxylic acids is 1. The number of non-ortho nitro benzene ring substituents is 1. The predicted molar refractivity (Wildman–Crippen MR) is 91.9 cm³/mol. The zero-order valence-corrected chi connectivity index (χ0v) is 13.7. The molecule has 8 nitrogen and oxygen atoms in total. The lowest BCUT2D eigenvalue weighted by atomic mass is 10.2. The Hall–Kier alpha value is -3.86. The van der Waals surface area contributed by atoms with Gasteiger partial charge in [-0.2, -0.15) is 5.26 Å². The van der Waals surface area contributed by atoms with Gasteiger partial charge in [0.25, 0.3) is 5.69 Å². The number of nitro groups is 1. The fourth-order valence-electron chi connectivity index (χ4n) is 1.96. The topological polar surface area (TPSA) is 112 Å². The maximum Gasteiger partial charge on any atom is 0.349 e. The van der Waals surface area contributed by atoms with Gasteiger partial charge in [0.15, 0.2) is 18.1 Å². The predicted octanol–water partition coefficient (Wildman–Crippen LogP) is 3.12. The average molecular weight is 354 g/mol. The lowest BCUT2D eigenvalue weighted by molar-refractivity contribution is -0.384. The van der Waals surface area contributed by atoms with Crippen molar-refractivity contribution in [2.45, 2.75) is 0 Å². The Morgan fingerprint density at radius 2 is 1.96 bits per heavy atom. The molecule has 2 aromatic rings. The van der Waals surface area contributed by atoms with Crippen LogP contribution in [0.25, 0.3) is 6.08 Å². The van der Waals surface area contributed by atoms with Gasteiger partial charge in [-0.1, -0.05) is 6.07 Å². The van der Waals surface area contributed by atoms with E-state index in [1.807, 2.05) is 6.07 Å². The zero-order chi connectivity index (χ0) is 18.9. The first-order valence-electron chi connectivity index (χ1n) is 7.35. The smallest absolute Gasteiger partial charge is 0.349 e. The van der Waals surface area contributed by atoms with E-state index >= 15 is 0 Å². The van der Waals surface area contributed by atoms with Gasteiger partial charge < -0.3 is 14.2 Å². The molecule has 0 fully saturated rings. The van der Waals surface area contributed by atoms with Gasteiger partial charge in [-0.05, 0) is 35.9 Å². The molecule has 0 spiro atoms. The maximum absolute atomic E-state index is 11.9. The van der Waals surface area contributed by atoms with Crippen LogP contribution in [0.4, 0.5) is 5.69 Å². The van der Waals surface area contributed by atoms with Gasteiger partial charge in [0, 0.05) is 18.2 Å². The van der Waals surface area contributed by atoms with Gasteiger partial charge in [0.05, 0.1) is 18.1 Å². The molecular formula is C18H14N2O6. The van der Waals surface area contributed by atoms with Crippen molar-refractivity contribution in [3.05, 3.63) is 64.2 Å². The monoisotopic (exact) mass is 354 g/mol. The van der Waals surface area contributed by atoms with E-state index in [0.29, 0.717) is 17.1 Å². The normalized spacial score (nSPS) is 10.2. The Labute approximate surface area is 149 Å². The summed E-state index contributed by atoms with van der Waals surface area (Å²) in [5.41, 5.74) is 0.639. The van der Waals surface area contributed by atoms with Crippen LogP contribution in [-0.4, -0.2) is 24.6 Å². The van der Waals surface area contributed by atoms with E-state index < -0.39 is 10.9 Å². The van der Waals surface area contributed by atoms with Crippen molar-refractivity contribution in [3.8, 4) is 23.3 Å². The van der Waals surface area contributed by atoms with Crippen molar-refractivity contribution < 1.29 is 23.9 Å². The van der Waals surface area contributed by atoms with Crippen molar-refractivity contribution >= 4 is 17.7 Å². The summed E-state index contributed by atoms with van der Waals surface area (Å²) in [5, 5.41) is 19.1. The highest BCUT2D eigenvalue weighted by atomic mass is 16.6. The molecule has 0 bridgehead atoms. The molecule has 2 aromatic carbocycles. The lowest BCUT2D eigenvalue weighted by Gasteiger charge is -2.10. The number of allylic oxidation sites excluding steroid dienone is 1. The van der Waals surface area contributed by atoms with Crippen molar-refractivity contribution in [3.63, 3.8) is 0 Å². The first kappa shape index (κ1) is 18.5. The molecule has 0 saturated heterocycles. The summed E-state index contributed by atoms with van der Waals surface area (Å²) in [7, 11) is 1.43. The Kier molecular flexibility index (Phi) is 6.28. The van der Waals surface area contributed by atoms with Crippen molar-refractivity contribution in [1.29, 1.82) is 5.26 Å². The van der Waals surface area contributed by atoms with Crippen molar-refractivity contribution in [2.75, 3.05) is 13.7 Å². The lowest BCUT2D eigenvalue weighted by Crippen LogP contribution is -2.18. The largest absolute Gasteiger partial charge is 0.493 e. The molecule has 0 atom stereocenters. The first-order valence-corrected chi connectivity index (χ1v) is 7.35. The Bertz CT molecular complexity index is 868. The molecule has 8 heteroatoms. The summed E-state index contributed by atoms with van der Waals surface area (Å²) in [6.45, 7) is -0.378. The van der Waals surface area contributed by atoms with Crippen LogP contribution in [-0.2, 0) is 4.79 Å². The second-order valence-corrected chi connectivity index (χ2v) is 4.89. The molecule has 0 amide bonds. The molecule has 0 unspecified atom stereocenters. The van der Waals surface area contributed by atoms with Crippen molar-refractivity contribution in [2.24, 2.45) is 0 Å². The molecule has 0 saturated carbocycles. The molecule has 2 rings (SSSR count). The minimum absolute atomic E-state index is 0.0739. The van der Waals surface area contributed by atoms with Crippen LogP contribution in [0.2, 0.25) is 0 Å². The molecule has 132 valence electrons. The summed E-state index contributed by atoms with van der Waals surface area (Å²) in [5.74, 6) is 0.172. The van der Waals surface area contributed by atoms with Crippen LogP contribution >= 0.6 is 0 Å². The summed E-state index contributed by atoms with van der Waals surface area (Å²) < 4.78 is 15.6. The number of benzene rings is 2. The van der Waals surface area contributed by atoms with Gasteiger partial charge in [-0.15, -0.1) is 0 Å². The fraction of sp³-hybridized carbons (Fsp3) is 0.111. The van der Waals surface area contributed by atoms with Crippen molar-refractivity contribution in [1.82, 2.24) is 0 Å². The number of hydrogen-bond donors (Lipinski definition) is 0. The molecule has 0 aliphatic rings. The van der Waals surface area contributed by atoms with Gasteiger partial charge in [-0.25, -0.2) is 4.79 Å². The van der Waals surface area contributed by atoms with Crippen LogP contribution in [0.5, 0.6) is 17.2 Å². The number of nitro benzene ring substituents is 1. The first-order chi connectivity index (χ1) is 12.5. The number of hydrogen-bond acceptors (Lipinski definition) is 7. The number of rotatable bonds is 7. The summed E-state index contributed by atoms with van der Waals surface area (Å²) in [4.78, 5) is 22.0. The third kappa shape index (κ3) is 5.07. The number of ether oxygens (including phenoxy) is 3. The number of nitrogens with zero attached hydrogens (tertiary/aromatic N) is 2. The number of carbonyl (C=O) groups is 1. The zero-order valence-electron chi connectivity index (χ0n) is 13.7. The summed E-state index contributed by atoms with van der Waals surface area (Å²) in [6, 6.07) is 12.0.